The van der Waals surface area contributed by atoms with Crippen molar-refractivity contribution in [3.63, 3.8) is 0 Å². The van der Waals surface area contributed by atoms with Crippen LogP contribution < -0.4 is 10.3 Å². The Kier molecular flexibility index (Phi) is 7.76. The number of morpholine rings is 2. The average molecular weight is 450 g/mol. The van der Waals surface area contributed by atoms with Gasteiger partial charge in [-0.2, -0.15) is 0 Å². The predicted octanol–water partition coefficient (Wildman–Crippen LogP) is 1.32. The van der Waals surface area contributed by atoms with Gasteiger partial charge in [0.25, 0.3) is 0 Å². The van der Waals surface area contributed by atoms with E-state index in [9.17, 15) is 4.79 Å². The molecule has 1 N–H and O–H groups in total. The second-order valence-corrected chi connectivity index (χ2v) is 8.07. The Morgan fingerprint density at radius 1 is 1.13 bits per heavy atom. The molecular weight excluding hydrogens is 422 g/mol. The Labute approximate surface area is 185 Å². The average Bonchev–Trinajstić information content (AvgIpc) is 3.28. The number of thioether (sulfide) groups is 1. The molecular formula is C20H27N5O5S. The number of carbonyl (C=O) groups is 1. The van der Waals surface area contributed by atoms with Crippen LogP contribution in [-0.2, 0) is 26.6 Å². The number of hydrogen-bond donors (Lipinski definition) is 1. The van der Waals surface area contributed by atoms with E-state index in [0.717, 1.165) is 24.6 Å². The van der Waals surface area contributed by atoms with Crippen molar-refractivity contribution in [3.05, 3.63) is 35.4 Å². The summed E-state index contributed by atoms with van der Waals surface area (Å²) in [5, 5.41) is 2.48. The van der Waals surface area contributed by atoms with Crippen molar-refractivity contribution >= 4 is 23.5 Å². The molecule has 168 valence electrons. The minimum atomic E-state index is -0.258. The molecule has 0 atom stereocenters. The van der Waals surface area contributed by atoms with Crippen molar-refractivity contribution in [1.29, 1.82) is 0 Å². The molecule has 11 heteroatoms. The van der Waals surface area contributed by atoms with Gasteiger partial charge in [-0.15, -0.1) is 0 Å². The van der Waals surface area contributed by atoms with Crippen molar-refractivity contribution < 1.29 is 23.4 Å². The van der Waals surface area contributed by atoms with Gasteiger partial charge in [-0.3, -0.25) is 10.2 Å². The maximum Gasteiger partial charge on any atom is 0.301 e. The summed E-state index contributed by atoms with van der Waals surface area (Å²) in [6.07, 6.45) is 0. The number of nitrogens with one attached hydrogen (secondary N) is 1. The minimum Gasteiger partial charge on any atom is -0.455 e. The van der Waals surface area contributed by atoms with Gasteiger partial charge in [0, 0.05) is 39.4 Å². The van der Waals surface area contributed by atoms with Crippen molar-refractivity contribution in [2.45, 2.75) is 17.5 Å². The highest BCUT2D eigenvalue weighted by molar-refractivity contribution is 7.98. The second kappa shape index (κ2) is 10.9. The molecule has 0 aliphatic carbocycles. The molecule has 2 aliphatic rings. The number of hydrazine groups is 1. The van der Waals surface area contributed by atoms with E-state index in [1.54, 1.807) is 13.2 Å². The number of ether oxygens (including phenoxy) is 3. The highest BCUT2D eigenvalue weighted by Gasteiger charge is 2.18. The molecule has 4 rings (SSSR count). The van der Waals surface area contributed by atoms with Gasteiger partial charge in [-0.25, -0.2) is 15.0 Å². The van der Waals surface area contributed by atoms with Gasteiger partial charge < -0.3 is 23.5 Å². The van der Waals surface area contributed by atoms with E-state index in [1.165, 1.54) is 11.8 Å². The lowest BCUT2D eigenvalue weighted by atomic mass is 10.3. The summed E-state index contributed by atoms with van der Waals surface area (Å²) in [7, 11) is 1.65. The summed E-state index contributed by atoms with van der Waals surface area (Å²) in [4.78, 5) is 23.9. The molecule has 0 saturated carbocycles. The molecule has 2 saturated heterocycles. The second-order valence-electron chi connectivity index (χ2n) is 7.13. The van der Waals surface area contributed by atoms with E-state index in [4.69, 9.17) is 23.6 Å². The zero-order valence-electron chi connectivity index (χ0n) is 17.5. The fraction of sp³-hybridized carbons (Fsp3) is 0.550. The monoisotopic (exact) mass is 449 g/mol. The fourth-order valence-corrected chi connectivity index (χ4v) is 4.05. The van der Waals surface area contributed by atoms with Gasteiger partial charge in [-0.05, 0) is 12.1 Å². The zero-order valence-corrected chi connectivity index (χ0v) is 18.4. The normalized spacial score (nSPS) is 17.6. The van der Waals surface area contributed by atoms with Crippen LogP contribution in [0.4, 0.5) is 5.82 Å². The first-order chi connectivity index (χ1) is 15.2. The maximum absolute atomic E-state index is 12.4. The number of furan rings is 1. The van der Waals surface area contributed by atoms with Gasteiger partial charge in [0.2, 0.25) is 0 Å². The van der Waals surface area contributed by atoms with E-state index in [1.807, 2.05) is 17.1 Å². The van der Waals surface area contributed by atoms with Crippen LogP contribution in [0.2, 0.25) is 0 Å². The third-order valence-electron chi connectivity index (χ3n) is 4.87. The van der Waals surface area contributed by atoms with Crippen molar-refractivity contribution in [2.75, 3.05) is 64.6 Å². The van der Waals surface area contributed by atoms with Crippen LogP contribution in [0, 0.1) is 0 Å². The molecule has 2 fully saturated rings. The Morgan fingerprint density at radius 2 is 1.87 bits per heavy atom. The first-order valence-electron chi connectivity index (χ1n) is 10.3. The summed E-state index contributed by atoms with van der Waals surface area (Å²) in [5.74, 6) is 2.10. The Morgan fingerprint density at radius 3 is 2.61 bits per heavy atom. The summed E-state index contributed by atoms with van der Waals surface area (Å²) in [6.45, 7) is 5.93. The van der Waals surface area contributed by atoms with Gasteiger partial charge in [0.1, 0.15) is 11.6 Å². The maximum atomic E-state index is 12.4. The number of carbonyl (C=O) groups excluding carboxylic acids is 1. The highest BCUT2D eigenvalue weighted by Crippen LogP contribution is 2.24. The van der Waals surface area contributed by atoms with Gasteiger partial charge in [-0.1, -0.05) is 11.8 Å². The number of nitrogens with zero attached hydrogens (tertiary/aromatic N) is 4. The number of aromatic nitrogens is 2. The summed E-state index contributed by atoms with van der Waals surface area (Å²) in [5.41, 5.74) is 3.67. The van der Waals surface area contributed by atoms with Gasteiger partial charge >= 0.3 is 5.91 Å². The lowest BCUT2D eigenvalue weighted by Gasteiger charge is -2.28. The molecule has 2 aromatic rings. The van der Waals surface area contributed by atoms with E-state index in [-0.39, 0.29) is 11.7 Å². The summed E-state index contributed by atoms with van der Waals surface area (Å²) < 4.78 is 21.7. The predicted molar refractivity (Wildman–Crippen MR) is 114 cm³/mol. The molecule has 0 radical (unpaired) electrons. The Bertz CT molecular complexity index is 867. The van der Waals surface area contributed by atoms with E-state index >= 15 is 0 Å². The third kappa shape index (κ3) is 6.17. The molecule has 2 aromatic heterocycles. The van der Waals surface area contributed by atoms with Crippen LogP contribution in [0.1, 0.15) is 22.0 Å². The van der Waals surface area contributed by atoms with Crippen LogP contribution in [0.5, 0.6) is 0 Å². The molecule has 0 unspecified atom stereocenters. The minimum absolute atomic E-state index is 0.258. The smallest absolute Gasteiger partial charge is 0.301 e. The Hall–Kier alpha value is -2.18. The van der Waals surface area contributed by atoms with E-state index < -0.39 is 0 Å². The molecule has 1 amide bonds. The number of rotatable bonds is 8. The quantitative estimate of drug-likeness (QED) is 0.469. The van der Waals surface area contributed by atoms with E-state index in [0.29, 0.717) is 62.8 Å². The van der Waals surface area contributed by atoms with Crippen LogP contribution >= 0.6 is 11.8 Å². The molecule has 0 spiro atoms. The van der Waals surface area contributed by atoms with Crippen LogP contribution in [0.3, 0.4) is 0 Å². The molecule has 10 nitrogen and oxygen atoms in total. The molecule has 2 aliphatic heterocycles. The number of hydrogen-bond acceptors (Lipinski definition) is 10. The largest absolute Gasteiger partial charge is 0.455 e. The standard InChI is InChI=1S/C20H27N5O5S/c1-27-13-15-12-18(24-4-8-28-9-5-24)22-20(21-15)31-14-16-2-3-17(30-16)19(26)23-25-6-10-29-11-7-25/h2-3,12H,4-11,13-14H2,1H3,(H,23,26). The molecule has 31 heavy (non-hydrogen) atoms. The fourth-order valence-electron chi connectivity index (χ4n) is 3.29. The first kappa shape index (κ1) is 22.0. The van der Waals surface area contributed by atoms with Crippen LogP contribution in [0.15, 0.2) is 27.8 Å². The van der Waals surface area contributed by atoms with Crippen molar-refractivity contribution in [1.82, 2.24) is 20.4 Å². The SMILES string of the molecule is COCc1cc(N2CCOCC2)nc(SCc2ccc(C(=O)NN3CCOCC3)o2)n1. The summed E-state index contributed by atoms with van der Waals surface area (Å²) >= 11 is 1.46. The molecule has 0 bridgehead atoms. The van der Waals surface area contributed by atoms with Gasteiger partial charge in [0.05, 0.1) is 44.5 Å². The topological polar surface area (TPSA) is 102 Å². The zero-order chi connectivity index (χ0) is 21.5. The summed E-state index contributed by atoms with van der Waals surface area (Å²) in [6, 6.07) is 5.45. The lowest BCUT2D eigenvalue weighted by molar-refractivity contribution is 0.0117. The van der Waals surface area contributed by atoms with Crippen molar-refractivity contribution in [3.8, 4) is 0 Å². The Balaban J connectivity index is 1.38. The van der Waals surface area contributed by atoms with Crippen LogP contribution in [-0.4, -0.2) is 80.6 Å². The first-order valence-corrected chi connectivity index (χ1v) is 11.2. The lowest BCUT2D eigenvalue weighted by Crippen LogP contribution is -2.48. The van der Waals surface area contributed by atoms with Gasteiger partial charge in [0.15, 0.2) is 10.9 Å². The number of amides is 1. The van der Waals surface area contributed by atoms with Crippen LogP contribution in [0.25, 0.3) is 0 Å². The number of methoxy groups -OCH3 is 1. The number of anilines is 1. The van der Waals surface area contributed by atoms with Crippen molar-refractivity contribution in [2.24, 2.45) is 0 Å². The third-order valence-corrected chi connectivity index (χ3v) is 5.74. The van der Waals surface area contributed by atoms with E-state index in [2.05, 4.69) is 15.3 Å². The highest BCUT2D eigenvalue weighted by atomic mass is 32.2. The molecule has 4 heterocycles. The molecule has 0 aromatic carbocycles.